The number of hydrogen-bond acceptors (Lipinski definition) is 4. The molecule has 0 amide bonds. The highest BCUT2D eigenvalue weighted by Crippen LogP contribution is 2.22. The molecule has 0 aliphatic carbocycles. The summed E-state index contributed by atoms with van der Waals surface area (Å²) in [5.41, 5.74) is 9.81. The van der Waals surface area contributed by atoms with E-state index in [0.717, 1.165) is 68.8 Å². The minimum atomic E-state index is 0.158. The number of rotatable bonds is 6. The van der Waals surface area contributed by atoms with Gasteiger partial charge in [-0.2, -0.15) is 0 Å². The number of fused-ring (bicyclic) bond motifs is 8. The summed E-state index contributed by atoms with van der Waals surface area (Å²) in [6.07, 6.45) is 11.0. The monoisotopic (exact) mass is 426 g/mol. The maximum absolute atomic E-state index is 9.35. The Balaban J connectivity index is 1.79. The summed E-state index contributed by atoms with van der Waals surface area (Å²) in [5.74, 6) is 0. The van der Waals surface area contributed by atoms with Crippen LogP contribution >= 0.6 is 0 Å². The summed E-state index contributed by atoms with van der Waals surface area (Å²) in [6, 6.07) is 12.4. The number of aromatic amines is 2. The van der Waals surface area contributed by atoms with Crippen molar-refractivity contribution in [3.05, 3.63) is 70.3 Å². The van der Waals surface area contributed by atoms with Crippen molar-refractivity contribution in [2.24, 2.45) is 0 Å². The van der Waals surface area contributed by atoms with E-state index in [0.29, 0.717) is 12.8 Å². The molecule has 5 heterocycles. The molecule has 4 N–H and O–H groups in total. The number of hydrogen-bond donors (Lipinski definition) is 4. The summed E-state index contributed by atoms with van der Waals surface area (Å²) >= 11 is 0. The highest BCUT2D eigenvalue weighted by atomic mass is 16.3. The largest absolute Gasteiger partial charge is 0.396 e. The fourth-order valence-electron chi connectivity index (χ4n) is 4.17. The molecule has 5 rings (SSSR count). The van der Waals surface area contributed by atoms with Crippen LogP contribution in [0.15, 0.2) is 36.4 Å². The van der Waals surface area contributed by atoms with Gasteiger partial charge in [0.2, 0.25) is 0 Å². The lowest BCUT2D eigenvalue weighted by Crippen LogP contribution is -1.89. The second kappa shape index (κ2) is 8.94. The topological polar surface area (TPSA) is 97.8 Å². The molecule has 6 heteroatoms. The molecule has 2 aliphatic heterocycles. The molecule has 0 saturated heterocycles. The minimum absolute atomic E-state index is 0.158. The van der Waals surface area contributed by atoms with E-state index in [1.807, 2.05) is 42.5 Å². The van der Waals surface area contributed by atoms with Crippen LogP contribution in [0.25, 0.3) is 46.4 Å². The van der Waals surface area contributed by atoms with Crippen molar-refractivity contribution in [3.63, 3.8) is 0 Å². The molecule has 32 heavy (non-hydrogen) atoms. The Bertz CT molecular complexity index is 1260. The maximum atomic E-state index is 9.35. The van der Waals surface area contributed by atoms with E-state index in [1.54, 1.807) is 0 Å². The minimum Gasteiger partial charge on any atom is -0.396 e. The van der Waals surface area contributed by atoms with Crippen molar-refractivity contribution in [3.8, 4) is 0 Å². The number of aryl methyl sites for hydroxylation is 2. The van der Waals surface area contributed by atoms with Crippen LogP contribution in [0.3, 0.4) is 0 Å². The molecule has 3 aromatic heterocycles. The number of nitrogens with one attached hydrogen (secondary N) is 2. The van der Waals surface area contributed by atoms with E-state index >= 15 is 0 Å². The lowest BCUT2D eigenvalue weighted by molar-refractivity contribution is 0.288. The third-order valence-corrected chi connectivity index (χ3v) is 5.68. The molecule has 6 nitrogen and oxygen atoms in total. The number of nitrogens with zero attached hydrogens (tertiary/aromatic N) is 2. The Hall–Kier alpha value is -3.48. The molecule has 0 fully saturated rings. The third-order valence-electron chi connectivity index (χ3n) is 5.68. The first-order chi connectivity index (χ1) is 15.7. The lowest BCUT2D eigenvalue weighted by atomic mass is 10.1. The Morgan fingerprint density at radius 1 is 0.562 bits per heavy atom. The van der Waals surface area contributed by atoms with Gasteiger partial charge in [0, 0.05) is 35.3 Å². The predicted octanol–water partition coefficient (Wildman–Crippen LogP) is 4.51. The summed E-state index contributed by atoms with van der Waals surface area (Å²) in [7, 11) is 0. The molecule has 0 radical (unpaired) electrons. The molecule has 2 aliphatic rings. The molecule has 162 valence electrons. The van der Waals surface area contributed by atoms with Gasteiger partial charge in [0.15, 0.2) is 0 Å². The van der Waals surface area contributed by atoms with Gasteiger partial charge in [-0.3, -0.25) is 0 Å². The first-order valence-electron chi connectivity index (χ1n) is 11.0. The fraction of sp³-hybridized carbons (Fsp3) is 0.231. The first-order valence-corrected chi connectivity index (χ1v) is 11.0. The molecule has 3 aromatic rings. The zero-order chi connectivity index (χ0) is 21.9. The molecular weight excluding hydrogens is 400 g/mol. The Morgan fingerprint density at radius 2 is 1.00 bits per heavy atom. The highest BCUT2D eigenvalue weighted by molar-refractivity contribution is 5.79. The second-order valence-corrected chi connectivity index (χ2v) is 8.15. The number of aliphatic hydroxyl groups excluding tert-OH is 2. The van der Waals surface area contributed by atoms with Crippen LogP contribution in [-0.2, 0) is 12.8 Å². The van der Waals surface area contributed by atoms with Crippen molar-refractivity contribution in [2.75, 3.05) is 13.2 Å². The van der Waals surface area contributed by atoms with Crippen molar-refractivity contribution in [2.45, 2.75) is 25.7 Å². The fourth-order valence-corrected chi connectivity index (χ4v) is 4.17. The van der Waals surface area contributed by atoms with Gasteiger partial charge in [-0.1, -0.05) is 0 Å². The van der Waals surface area contributed by atoms with Gasteiger partial charge >= 0.3 is 0 Å². The molecule has 0 atom stereocenters. The van der Waals surface area contributed by atoms with Gasteiger partial charge in [0.25, 0.3) is 0 Å². The summed E-state index contributed by atoms with van der Waals surface area (Å²) in [4.78, 5) is 16.4. The van der Waals surface area contributed by atoms with E-state index < -0.39 is 0 Å². The van der Waals surface area contributed by atoms with Gasteiger partial charge in [0.1, 0.15) is 0 Å². The van der Waals surface area contributed by atoms with Crippen LogP contribution in [0.2, 0.25) is 0 Å². The van der Waals surface area contributed by atoms with Crippen molar-refractivity contribution < 1.29 is 10.2 Å². The molecule has 0 saturated carbocycles. The van der Waals surface area contributed by atoms with Crippen LogP contribution in [0.1, 0.15) is 46.7 Å². The number of H-pyrrole nitrogens is 2. The highest BCUT2D eigenvalue weighted by Gasteiger charge is 2.07. The average Bonchev–Trinajstić information content (AvgIpc) is 3.55. The van der Waals surface area contributed by atoms with E-state index in [1.165, 1.54) is 0 Å². The second-order valence-electron chi connectivity index (χ2n) is 8.15. The Labute approximate surface area is 186 Å². The van der Waals surface area contributed by atoms with Crippen LogP contribution in [0, 0.1) is 0 Å². The lowest BCUT2D eigenvalue weighted by Gasteiger charge is -1.97. The van der Waals surface area contributed by atoms with Crippen LogP contribution in [0.5, 0.6) is 0 Å². The number of aliphatic hydroxyl groups is 2. The Kier molecular flexibility index (Phi) is 5.71. The SMILES string of the molecule is OCCCc1cc2cc3nc(cc4nc(cc5cc(CCCO)c(cc1[nH]2)[nH]5)C=C4)C=C3. The zero-order valence-corrected chi connectivity index (χ0v) is 17.8. The molecule has 0 spiro atoms. The number of aromatic nitrogens is 4. The Morgan fingerprint density at radius 3 is 1.44 bits per heavy atom. The van der Waals surface area contributed by atoms with Crippen LogP contribution < -0.4 is 0 Å². The zero-order valence-electron chi connectivity index (χ0n) is 17.8. The summed E-state index contributed by atoms with van der Waals surface area (Å²) in [6.45, 7) is 0.316. The molecule has 0 aromatic carbocycles. The normalized spacial score (nSPS) is 12.6. The van der Waals surface area contributed by atoms with Crippen molar-refractivity contribution in [1.82, 2.24) is 19.9 Å². The van der Waals surface area contributed by atoms with Gasteiger partial charge < -0.3 is 20.2 Å². The molecular formula is C26H26N4O2. The first kappa shape index (κ1) is 20.4. The summed E-state index contributed by atoms with van der Waals surface area (Å²) in [5, 5.41) is 18.7. The van der Waals surface area contributed by atoms with Crippen molar-refractivity contribution in [1.29, 1.82) is 0 Å². The van der Waals surface area contributed by atoms with Gasteiger partial charge in [-0.15, -0.1) is 0 Å². The van der Waals surface area contributed by atoms with Crippen LogP contribution in [-0.4, -0.2) is 43.4 Å². The van der Waals surface area contributed by atoms with E-state index in [2.05, 4.69) is 28.2 Å². The maximum Gasteiger partial charge on any atom is 0.0659 e. The van der Waals surface area contributed by atoms with Gasteiger partial charge in [0.05, 0.1) is 22.8 Å². The third kappa shape index (κ3) is 4.42. The predicted molar refractivity (Wildman–Crippen MR) is 130 cm³/mol. The van der Waals surface area contributed by atoms with E-state index in [9.17, 15) is 10.2 Å². The molecule has 0 unspecified atom stereocenters. The van der Waals surface area contributed by atoms with E-state index in [4.69, 9.17) is 9.97 Å². The average molecular weight is 427 g/mol. The van der Waals surface area contributed by atoms with Crippen LogP contribution in [0.4, 0.5) is 0 Å². The smallest absolute Gasteiger partial charge is 0.0659 e. The van der Waals surface area contributed by atoms with Gasteiger partial charge in [-0.25, -0.2) is 9.97 Å². The molecule has 8 bridgehead atoms. The quantitative estimate of drug-likeness (QED) is 0.321. The summed E-state index contributed by atoms with van der Waals surface area (Å²) < 4.78 is 0. The standard InChI is InChI=1S/C26H26N4O2/c31-9-1-3-17-11-23-14-21-7-5-19(27-21)13-20-6-8-22(28-20)15-24-12-18(4-2-10-32)26(30-24)16-25(17)29-23/h5-8,11-16,29-32H,1-4,9-10H2. The van der Waals surface area contributed by atoms with E-state index in [-0.39, 0.29) is 13.2 Å². The van der Waals surface area contributed by atoms with Crippen molar-refractivity contribution >= 4 is 46.4 Å². The van der Waals surface area contributed by atoms with Gasteiger partial charge in [-0.05, 0) is 97.5 Å².